The first kappa shape index (κ1) is 18.1. The summed E-state index contributed by atoms with van der Waals surface area (Å²) < 4.78 is 11.0. The second-order valence-corrected chi connectivity index (χ2v) is 6.61. The monoisotopic (exact) mass is 368 g/mol. The number of ether oxygens (including phenoxy) is 2. The number of amides is 1. The largest absolute Gasteiger partial charge is 0.493 e. The lowest BCUT2D eigenvalue weighted by Gasteiger charge is -2.10. The van der Waals surface area contributed by atoms with Crippen molar-refractivity contribution in [3.63, 3.8) is 0 Å². The van der Waals surface area contributed by atoms with Gasteiger partial charge in [-0.2, -0.15) is 0 Å². The van der Waals surface area contributed by atoms with Crippen LogP contribution in [0.4, 0.5) is 5.69 Å². The lowest BCUT2D eigenvalue weighted by Crippen LogP contribution is -2.19. The van der Waals surface area contributed by atoms with E-state index in [9.17, 15) is 4.79 Å². The van der Waals surface area contributed by atoms with Gasteiger partial charge in [-0.1, -0.05) is 31.2 Å². The quantitative estimate of drug-likeness (QED) is 0.769. The van der Waals surface area contributed by atoms with E-state index >= 15 is 0 Å². The van der Waals surface area contributed by atoms with E-state index in [1.807, 2.05) is 54.6 Å². The summed E-state index contributed by atoms with van der Waals surface area (Å²) in [6.45, 7) is 2.68. The van der Waals surface area contributed by atoms with Crippen molar-refractivity contribution in [2.75, 3.05) is 13.7 Å². The third kappa shape index (κ3) is 4.46. The Hall–Kier alpha value is -2.73. The number of para-hydroxylation sites is 1. The van der Waals surface area contributed by atoms with Gasteiger partial charge in [0.1, 0.15) is 0 Å². The normalized spacial score (nSPS) is 16.8. The molecule has 0 aromatic heterocycles. The molecule has 1 aliphatic rings. The molecule has 1 N–H and O–H groups in total. The number of rotatable bonds is 6. The fourth-order valence-corrected chi connectivity index (χ4v) is 3.20. The Labute approximate surface area is 157 Å². The molecule has 0 unspecified atom stereocenters. The summed E-state index contributed by atoms with van der Waals surface area (Å²) in [5.74, 6) is 1.19. The summed E-state index contributed by atoms with van der Waals surface area (Å²) in [6.07, 6.45) is 2.74. The molecule has 3 rings (SSSR count). The maximum Gasteiger partial charge on any atom is 0.264 e. The number of aliphatic imine (C=N–C) groups is 1. The van der Waals surface area contributed by atoms with Gasteiger partial charge in [-0.25, -0.2) is 4.99 Å². The van der Waals surface area contributed by atoms with E-state index in [0.717, 1.165) is 17.7 Å². The molecular formula is C20H20N2O3S. The van der Waals surface area contributed by atoms with E-state index in [1.54, 1.807) is 7.11 Å². The molecule has 0 atom stereocenters. The molecule has 26 heavy (non-hydrogen) atoms. The van der Waals surface area contributed by atoms with Crippen LogP contribution in [-0.2, 0) is 4.79 Å². The van der Waals surface area contributed by atoms with Crippen molar-refractivity contribution in [1.29, 1.82) is 0 Å². The number of hydrogen-bond donors (Lipinski definition) is 1. The molecule has 2 aromatic carbocycles. The molecule has 0 radical (unpaired) electrons. The Morgan fingerprint density at radius 2 is 1.96 bits per heavy atom. The van der Waals surface area contributed by atoms with Gasteiger partial charge in [-0.15, -0.1) is 0 Å². The number of methoxy groups -OCH3 is 1. The Morgan fingerprint density at radius 3 is 2.69 bits per heavy atom. The standard InChI is InChI=1S/C20H20N2O3S/c1-3-11-25-16-10-9-14(12-17(16)24-2)13-18-19(23)22-20(26-18)21-15-7-5-4-6-8-15/h4-10,12-13H,3,11H2,1-2H3,(H,21,22,23)/b18-13-. The topological polar surface area (TPSA) is 59.9 Å². The van der Waals surface area contributed by atoms with Crippen molar-refractivity contribution in [2.45, 2.75) is 13.3 Å². The third-order valence-electron chi connectivity index (χ3n) is 3.58. The molecule has 2 aromatic rings. The van der Waals surface area contributed by atoms with Crippen molar-refractivity contribution in [3.8, 4) is 11.5 Å². The molecule has 0 aliphatic carbocycles. The second kappa shape index (κ2) is 8.58. The SMILES string of the molecule is CCCOc1ccc(/C=C2\SC(=Nc3ccccc3)NC2=O)cc1OC. The van der Waals surface area contributed by atoms with Crippen LogP contribution in [0.25, 0.3) is 6.08 Å². The Bertz CT molecular complexity index is 847. The van der Waals surface area contributed by atoms with E-state index in [1.165, 1.54) is 11.8 Å². The summed E-state index contributed by atoms with van der Waals surface area (Å²) >= 11 is 1.32. The zero-order valence-corrected chi connectivity index (χ0v) is 15.5. The van der Waals surface area contributed by atoms with Crippen molar-refractivity contribution < 1.29 is 14.3 Å². The fourth-order valence-electron chi connectivity index (χ4n) is 2.36. The van der Waals surface area contributed by atoms with Crippen LogP contribution in [0.2, 0.25) is 0 Å². The predicted octanol–water partition coefficient (Wildman–Crippen LogP) is 4.38. The number of hydrogen-bond acceptors (Lipinski definition) is 5. The van der Waals surface area contributed by atoms with Gasteiger partial charge in [0.05, 0.1) is 24.3 Å². The molecule has 1 amide bonds. The lowest BCUT2D eigenvalue weighted by molar-refractivity contribution is -0.115. The molecule has 0 saturated carbocycles. The highest BCUT2D eigenvalue weighted by molar-refractivity contribution is 8.18. The summed E-state index contributed by atoms with van der Waals surface area (Å²) in [4.78, 5) is 17.2. The molecule has 1 heterocycles. The molecule has 6 heteroatoms. The number of carbonyl (C=O) groups excluding carboxylic acids is 1. The molecule has 0 spiro atoms. The fraction of sp³-hybridized carbons (Fsp3) is 0.200. The average molecular weight is 368 g/mol. The zero-order valence-electron chi connectivity index (χ0n) is 14.7. The number of thioether (sulfide) groups is 1. The van der Waals surface area contributed by atoms with Crippen LogP contribution >= 0.6 is 11.8 Å². The van der Waals surface area contributed by atoms with E-state index in [-0.39, 0.29) is 5.91 Å². The second-order valence-electron chi connectivity index (χ2n) is 5.58. The minimum absolute atomic E-state index is 0.157. The van der Waals surface area contributed by atoms with Crippen molar-refractivity contribution in [2.24, 2.45) is 4.99 Å². The van der Waals surface area contributed by atoms with Crippen molar-refractivity contribution in [3.05, 3.63) is 59.0 Å². The van der Waals surface area contributed by atoms with Crippen molar-refractivity contribution in [1.82, 2.24) is 5.32 Å². The number of carbonyl (C=O) groups is 1. The Kier molecular flexibility index (Phi) is 5.96. The van der Waals surface area contributed by atoms with E-state index in [4.69, 9.17) is 9.47 Å². The highest BCUT2D eigenvalue weighted by atomic mass is 32.2. The molecule has 134 valence electrons. The first-order chi connectivity index (χ1) is 12.7. The van der Waals surface area contributed by atoms with Crippen LogP contribution < -0.4 is 14.8 Å². The Balaban J connectivity index is 1.79. The molecule has 5 nitrogen and oxygen atoms in total. The maximum absolute atomic E-state index is 12.2. The first-order valence-corrected chi connectivity index (χ1v) is 9.16. The molecular weight excluding hydrogens is 348 g/mol. The van der Waals surface area contributed by atoms with Crippen LogP contribution in [0.1, 0.15) is 18.9 Å². The predicted molar refractivity (Wildman–Crippen MR) is 106 cm³/mol. The van der Waals surface area contributed by atoms with Gasteiger partial charge >= 0.3 is 0 Å². The smallest absolute Gasteiger partial charge is 0.264 e. The summed E-state index contributed by atoms with van der Waals surface area (Å²) in [5.41, 5.74) is 1.67. The van der Waals surface area contributed by atoms with Gasteiger partial charge < -0.3 is 14.8 Å². The van der Waals surface area contributed by atoms with E-state index in [2.05, 4.69) is 17.2 Å². The van der Waals surface area contributed by atoms with Crippen LogP contribution in [0.5, 0.6) is 11.5 Å². The minimum atomic E-state index is -0.157. The van der Waals surface area contributed by atoms with Crippen LogP contribution in [0, 0.1) is 0 Å². The van der Waals surface area contributed by atoms with E-state index in [0.29, 0.717) is 28.2 Å². The highest BCUT2D eigenvalue weighted by Crippen LogP contribution is 2.32. The van der Waals surface area contributed by atoms with Gasteiger partial charge in [0.25, 0.3) is 5.91 Å². The first-order valence-electron chi connectivity index (χ1n) is 8.35. The summed E-state index contributed by atoms with van der Waals surface area (Å²) in [5, 5.41) is 3.36. The van der Waals surface area contributed by atoms with Gasteiger partial charge in [-0.05, 0) is 54.1 Å². The van der Waals surface area contributed by atoms with E-state index < -0.39 is 0 Å². The third-order valence-corrected chi connectivity index (χ3v) is 4.49. The summed E-state index contributed by atoms with van der Waals surface area (Å²) in [6, 6.07) is 15.1. The molecule has 0 bridgehead atoms. The van der Waals surface area contributed by atoms with Crippen LogP contribution in [0.3, 0.4) is 0 Å². The van der Waals surface area contributed by atoms with Crippen molar-refractivity contribution >= 4 is 34.6 Å². The number of nitrogens with zero attached hydrogens (tertiary/aromatic N) is 1. The molecule has 1 fully saturated rings. The van der Waals surface area contributed by atoms with Gasteiger partial charge in [0.2, 0.25) is 0 Å². The molecule has 1 saturated heterocycles. The zero-order chi connectivity index (χ0) is 18.4. The van der Waals surface area contributed by atoms with Gasteiger partial charge in [0.15, 0.2) is 16.7 Å². The Morgan fingerprint density at radius 1 is 1.15 bits per heavy atom. The lowest BCUT2D eigenvalue weighted by atomic mass is 10.2. The van der Waals surface area contributed by atoms with Crippen LogP contribution in [0.15, 0.2) is 58.4 Å². The molecule has 1 aliphatic heterocycles. The van der Waals surface area contributed by atoms with Crippen LogP contribution in [-0.4, -0.2) is 24.8 Å². The van der Waals surface area contributed by atoms with Gasteiger partial charge in [-0.3, -0.25) is 4.79 Å². The number of nitrogens with one attached hydrogen (secondary N) is 1. The number of amidine groups is 1. The average Bonchev–Trinajstić information content (AvgIpc) is 3.00. The highest BCUT2D eigenvalue weighted by Gasteiger charge is 2.23. The maximum atomic E-state index is 12.2. The summed E-state index contributed by atoms with van der Waals surface area (Å²) in [7, 11) is 1.60. The number of benzene rings is 2. The minimum Gasteiger partial charge on any atom is -0.493 e. The van der Waals surface area contributed by atoms with Gasteiger partial charge in [0, 0.05) is 0 Å².